The largest absolute Gasteiger partial charge is 0.464 e. The number of esters is 1. The number of hydrogen-bond acceptors (Lipinski definition) is 5. The van der Waals surface area contributed by atoms with Crippen molar-refractivity contribution in [3.8, 4) is 11.4 Å². The third-order valence-electron chi connectivity index (χ3n) is 7.51. The molecular formula is C29H35N5O4. The van der Waals surface area contributed by atoms with Gasteiger partial charge in [-0.25, -0.2) is 19.1 Å². The number of benzene rings is 2. The fourth-order valence-electron chi connectivity index (χ4n) is 5.45. The monoisotopic (exact) mass is 517 g/mol. The van der Waals surface area contributed by atoms with Crippen LogP contribution in [0.15, 0.2) is 53.3 Å². The molecule has 5 rings (SSSR count). The summed E-state index contributed by atoms with van der Waals surface area (Å²) in [4.78, 5) is 43.0. The zero-order chi connectivity index (χ0) is 26.5. The van der Waals surface area contributed by atoms with E-state index in [4.69, 9.17) is 4.74 Å². The molecule has 3 aromatic rings. The van der Waals surface area contributed by atoms with Crippen molar-refractivity contribution in [2.75, 3.05) is 19.7 Å². The highest BCUT2D eigenvalue weighted by molar-refractivity contribution is 5.84. The first-order valence-electron chi connectivity index (χ1n) is 13.6. The molecule has 1 aromatic heterocycles. The Morgan fingerprint density at radius 2 is 1.82 bits per heavy atom. The van der Waals surface area contributed by atoms with Crippen LogP contribution in [0.25, 0.3) is 11.4 Å². The van der Waals surface area contributed by atoms with Crippen molar-refractivity contribution in [2.45, 2.75) is 64.0 Å². The minimum absolute atomic E-state index is 0.100. The van der Waals surface area contributed by atoms with Gasteiger partial charge in [-0.3, -0.25) is 4.98 Å². The Kier molecular flexibility index (Phi) is 7.91. The van der Waals surface area contributed by atoms with E-state index in [2.05, 4.69) is 33.6 Å². The third-order valence-corrected chi connectivity index (χ3v) is 7.51. The quantitative estimate of drug-likeness (QED) is 0.465. The number of nitrogens with one attached hydrogen (secondary N) is 2. The van der Waals surface area contributed by atoms with E-state index in [1.54, 1.807) is 11.8 Å². The van der Waals surface area contributed by atoms with Crippen LogP contribution in [0, 0.1) is 0 Å². The summed E-state index contributed by atoms with van der Waals surface area (Å²) in [6.07, 6.45) is 6.14. The number of carbonyl (C=O) groups excluding carboxylic acids is 2. The predicted octanol–water partition coefficient (Wildman–Crippen LogP) is 3.64. The average Bonchev–Trinajstić information content (AvgIpc) is 3.34. The van der Waals surface area contributed by atoms with Gasteiger partial charge in [-0.1, -0.05) is 48.5 Å². The van der Waals surface area contributed by atoms with E-state index in [0.29, 0.717) is 38.2 Å². The first kappa shape index (κ1) is 25.8. The maximum Gasteiger partial charge on any atom is 0.343 e. The Morgan fingerprint density at radius 1 is 1.08 bits per heavy atom. The lowest BCUT2D eigenvalue weighted by Gasteiger charge is -2.32. The molecule has 0 saturated carbocycles. The highest BCUT2D eigenvalue weighted by Gasteiger charge is 2.30. The minimum Gasteiger partial charge on any atom is -0.464 e. The molecule has 2 amide bonds. The number of fused-ring (bicyclic) bond motifs is 1. The number of likely N-dealkylation sites (tertiary alicyclic amines) is 1. The van der Waals surface area contributed by atoms with E-state index in [1.807, 2.05) is 30.3 Å². The van der Waals surface area contributed by atoms with Crippen molar-refractivity contribution in [1.82, 2.24) is 25.0 Å². The molecular weight excluding hydrogens is 482 g/mol. The number of urea groups is 1. The van der Waals surface area contributed by atoms with E-state index >= 15 is 0 Å². The second-order valence-corrected chi connectivity index (χ2v) is 10.1. The van der Waals surface area contributed by atoms with Gasteiger partial charge in [0.25, 0.3) is 0 Å². The summed E-state index contributed by atoms with van der Waals surface area (Å²) in [5.74, 6) is 0.111. The van der Waals surface area contributed by atoms with Gasteiger partial charge < -0.3 is 15.0 Å². The van der Waals surface area contributed by atoms with Crippen LogP contribution in [0.2, 0.25) is 0 Å². The molecule has 2 heterocycles. The molecule has 2 aromatic carbocycles. The summed E-state index contributed by atoms with van der Waals surface area (Å²) in [5.41, 5.74) is 4.35. The first-order chi connectivity index (χ1) is 18.5. The summed E-state index contributed by atoms with van der Waals surface area (Å²) in [5, 5.41) is 7.42. The van der Waals surface area contributed by atoms with Crippen molar-refractivity contribution < 1.29 is 14.3 Å². The topological polar surface area (TPSA) is 109 Å². The fraction of sp³-hybridized carbons (Fsp3) is 0.448. The number of ether oxygens (including phenoxy) is 1. The molecule has 0 bridgehead atoms. The lowest BCUT2D eigenvalue weighted by Crippen LogP contribution is -2.51. The predicted molar refractivity (Wildman–Crippen MR) is 144 cm³/mol. The number of aromatic nitrogens is 3. The molecule has 0 spiro atoms. The summed E-state index contributed by atoms with van der Waals surface area (Å²) in [6.45, 7) is 2.94. The fourth-order valence-corrected chi connectivity index (χ4v) is 5.45. The zero-order valence-electron chi connectivity index (χ0n) is 21.8. The molecule has 1 aliphatic carbocycles. The highest BCUT2D eigenvalue weighted by atomic mass is 16.5. The zero-order valence-corrected chi connectivity index (χ0v) is 21.8. The Labute approximate surface area is 222 Å². The van der Waals surface area contributed by atoms with Gasteiger partial charge in [-0.15, -0.1) is 5.10 Å². The Hall–Kier alpha value is -3.88. The van der Waals surface area contributed by atoms with Gasteiger partial charge in [0.15, 0.2) is 5.82 Å². The number of piperidine rings is 1. The number of carbonyl (C=O) groups is 2. The molecule has 0 radical (unpaired) electrons. The maximum absolute atomic E-state index is 13.2. The van der Waals surface area contributed by atoms with Gasteiger partial charge in [0.2, 0.25) is 0 Å². The molecule has 1 aliphatic heterocycles. The van der Waals surface area contributed by atoms with Crippen LogP contribution in [0.5, 0.6) is 0 Å². The van der Waals surface area contributed by atoms with Crippen LogP contribution in [-0.4, -0.2) is 57.4 Å². The van der Waals surface area contributed by atoms with Gasteiger partial charge in [-0.05, 0) is 62.1 Å². The molecule has 1 unspecified atom stereocenters. The van der Waals surface area contributed by atoms with E-state index in [9.17, 15) is 14.4 Å². The number of rotatable bonds is 7. The Balaban J connectivity index is 1.21. The first-order valence-corrected chi connectivity index (χ1v) is 13.6. The summed E-state index contributed by atoms with van der Waals surface area (Å²) >= 11 is 0. The Bertz CT molecular complexity index is 1320. The molecule has 1 fully saturated rings. The standard InChI is InChI=1S/C29H35N5O4/c1-2-38-27(35)25(19-20-12-13-21-8-6-7-11-23(21)18-20)30-28(36)33-16-14-24(15-17-33)34-29(37)31-26(32-34)22-9-4-3-5-10-22/h3-5,9-10,12-13,18,24-25H,2,6-8,11,14-17,19H2,1H3,(H,30,36)(H,31,32,37). The molecule has 2 aliphatic rings. The lowest BCUT2D eigenvalue weighted by molar-refractivity contribution is -0.145. The second-order valence-electron chi connectivity index (χ2n) is 10.1. The van der Waals surface area contributed by atoms with Crippen molar-refractivity contribution >= 4 is 12.0 Å². The maximum atomic E-state index is 13.2. The third kappa shape index (κ3) is 5.82. The number of nitrogens with zero attached hydrogens (tertiary/aromatic N) is 3. The molecule has 38 heavy (non-hydrogen) atoms. The lowest BCUT2D eigenvalue weighted by atomic mass is 9.89. The van der Waals surface area contributed by atoms with Gasteiger partial charge in [0.1, 0.15) is 6.04 Å². The number of amides is 2. The average molecular weight is 518 g/mol. The molecule has 1 saturated heterocycles. The van der Waals surface area contributed by atoms with Crippen molar-refractivity contribution in [3.05, 3.63) is 75.7 Å². The van der Waals surface area contributed by atoms with Crippen molar-refractivity contribution in [3.63, 3.8) is 0 Å². The number of aromatic amines is 1. The number of H-pyrrole nitrogens is 1. The summed E-state index contributed by atoms with van der Waals surface area (Å²) in [7, 11) is 0. The van der Waals surface area contributed by atoms with E-state index in [-0.39, 0.29) is 24.4 Å². The number of hydrogen-bond donors (Lipinski definition) is 2. The van der Waals surface area contributed by atoms with Crippen LogP contribution >= 0.6 is 0 Å². The highest BCUT2D eigenvalue weighted by Crippen LogP contribution is 2.24. The van der Waals surface area contributed by atoms with Gasteiger partial charge in [0.05, 0.1) is 12.6 Å². The van der Waals surface area contributed by atoms with Crippen LogP contribution in [0.4, 0.5) is 4.79 Å². The minimum atomic E-state index is -0.760. The molecule has 9 heteroatoms. The SMILES string of the molecule is CCOC(=O)C(Cc1ccc2c(c1)CCCC2)NC(=O)N1CCC(n2nc(-c3ccccc3)[nH]c2=O)CC1. The van der Waals surface area contributed by atoms with Crippen molar-refractivity contribution in [2.24, 2.45) is 0 Å². The summed E-state index contributed by atoms with van der Waals surface area (Å²) in [6, 6.07) is 14.7. The van der Waals surface area contributed by atoms with Crippen LogP contribution in [0.3, 0.4) is 0 Å². The second kappa shape index (κ2) is 11.7. The summed E-state index contributed by atoms with van der Waals surface area (Å²) < 4.78 is 6.78. The van der Waals surface area contributed by atoms with Gasteiger partial charge in [0, 0.05) is 25.1 Å². The van der Waals surface area contributed by atoms with Crippen LogP contribution in [0.1, 0.15) is 55.3 Å². The van der Waals surface area contributed by atoms with Crippen molar-refractivity contribution in [1.29, 1.82) is 0 Å². The molecule has 2 N–H and O–H groups in total. The number of aryl methyl sites for hydroxylation is 2. The van der Waals surface area contributed by atoms with E-state index in [0.717, 1.165) is 24.0 Å². The van der Waals surface area contributed by atoms with Crippen LogP contribution in [-0.2, 0) is 28.8 Å². The van der Waals surface area contributed by atoms with E-state index in [1.165, 1.54) is 28.7 Å². The Morgan fingerprint density at radius 3 is 2.55 bits per heavy atom. The van der Waals surface area contributed by atoms with Gasteiger partial charge >= 0.3 is 17.7 Å². The van der Waals surface area contributed by atoms with Crippen LogP contribution < -0.4 is 11.0 Å². The normalized spacial score (nSPS) is 16.5. The van der Waals surface area contributed by atoms with E-state index < -0.39 is 12.0 Å². The molecule has 200 valence electrons. The molecule has 1 atom stereocenters. The van der Waals surface area contributed by atoms with Gasteiger partial charge in [-0.2, -0.15) is 0 Å². The molecule has 9 nitrogen and oxygen atoms in total. The smallest absolute Gasteiger partial charge is 0.343 e.